The molecule has 0 aromatic heterocycles. The Balaban J connectivity index is 2.05. The Morgan fingerprint density at radius 1 is 1.03 bits per heavy atom. The van der Waals surface area contributed by atoms with E-state index in [1.807, 2.05) is 0 Å². The van der Waals surface area contributed by atoms with Gasteiger partial charge in [-0.2, -0.15) is 13.2 Å². The van der Waals surface area contributed by atoms with Crippen molar-refractivity contribution in [3.05, 3.63) is 0 Å². The Bertz CT molecular complexity index is 940. The largest absolute Gasteiger partial charge is 0.446 e. The third-order valence-corrected chi connectivity index (χ3v) is 6.34. The highest BCUT2D eigenvalue weighted by atomic mass is 19.4. The van der Waals surface area contributed by atoms with E-state index in [2.05, 4.69) is 20.7 Å². The van der Waals surface area contributed by atoms with Gasteiger partial charge in [-0.1, -0.05) is 13.8 Å². The van der Waals surface area contributed by atoms with E-state index in [4.69, 9.17) is 4.74 Å². The molecule has 4 amide bonds. The Morgan fingerprint density at radius 3 is 2.08 bits per heavy atom. The molecule has 216 valence electrons. The summed E-state index contributed by atoms with van der Waals surface area (Å²) in [7, 11) is 0. The van der Waals surface area contributed by atoms with E-state index in [1.54, 1.807) is 20.8 Å². The molecule has 11 nitrogen and oxygen atoms in total. The average Bonchev–Trinajstić information content (AvgIpc) is 3.21. The number of carbonyl (C=O) groups is 5. The summed E-state index contributed by atoms with van der Waals surface area (Å²) in [6.07, 6.45) is -6.00. The first-order valence-electron chi connectivity index (χ1n) is 12.5. The highest BCUT2D eigenvalue weighted by molar-refractivity contribution is 5.94. The summed E-state index contributed by atoms with van der Waals surface area (Å²) in [6.45, 7) is 10.9. The fourth-order valence-corrected chi connectivity index (χ4v) is 4.49. The number of ether oxygens (including phenoxy) is 2. The number of nitrogens with zero attached hydrogens (tertiary/aromatic N) is 1. The topological polar surface area (TPSA) is 143 Å². The molecule has 0 radical (unpaired) electrons. The summed E-state index contributed by atoms with van der Waals surface area (Å²) < 4.78 is 51.2. The smallest absolute Gasteiger partial charge is 0.431 e. The minimum atomic E-state index is -4.91. The quantitative estimate of drug-likeness (QED) is 0.391. The van der Waals surface area contributed by atoms with Gasteiger partial charge in [-0.25, -0.2) is 4.79 Å². The zero-order valence-electron chi connectivity index (χ0n) is 22.7. The summed E-state index contributed by atoms with van der Waals surface area (Å²) in [6, 6.07) is -4.74. The molecular formula is C24H37F3N4O7. The van der Waals surface area contributed by atoms with Crippen molar-refractivity contribution in [2.75, 3.05) is 6.54 Å². The van der Waals surface area contributed by atoms with Crippen molar-refractivity contribution < 1.29 is 46.6 Å². The molecule has 0 aliphatic carbocycles. The molecule has 2 rings (SSSR count). The van der Waals surface area contributed by atoms with Crippen LogP contribution >= 0.6 is 0 Å². The molecule has 2 saturated heterocycles. The molecule has 5 atom stereocenters. The molecule has 2 aliphatic rings. The number of nitrogens with one attached hydrogen (secondary N) is 3. The lowest BCUT2D eigenvalue weighted by atomic mass is 9.79. The van der Waals surface area contributed by atoms with E-state index in [-0.39, 0.29) is 13.0 Å². The number of cyclic esters (lactones) is 1. The van der Waals surface area contributed by atoms with Gasteiger partial charge in [0.2, 0.25) is 23.3 Å². The summed E-state index contributed by atoms with van der Waals surface area (Å²) in [5.41, 5.74) is -3.61. The number of alkyl halides is 3. The second kappa shape index (κ2) is 11.4. The highest BCUT2D eigenvalue weighted by Gasteiger charge is 2.70. The van der Waals surface area contributed by atoms with Crippen molar-refractivity contribution in [1.82, 2.24) is 20.9 Å². The number of alkyl carbamates (subject to hydrolysis) is 1. The lowest BCUT2D eigenvalue weighted by Gasteiger charge is -2.48. The van der Waals surface area contributed by atoms with Gasteiger partial charge < -0.3 is 30.3 Å². The first-order chi connectivity index (χ1) is 17.3. The van der Waals surface area contributed by atoms with Crippen LogP contribution in [-0.4, -0.2) is 82.8 Å². The van der Waals surface area contributed by atoms with Crippen LogP contribution in [0.4, 0.5) is 18.0 Å². The summed E-state index contributed by atoms with van der Waals surface area (Å²) >= 11 is 0. The number of esters is 1. The van der Waals surface area contributed by atoms with E-state index in [9.17, 15) is 37.1 Å². The second-order valence-electron chi connectivity index (χ2n) is 11.1. The molecule has 2 fully saturated rings. The maximum absolute atomic E-state index is 13.9. The number of carbonyl (C=O) groups excluding carboxylic acids is 5. The Morgan fingerprint density at radius 2 is 1.61 bits per heavy atom. The maximum Gasteiger partial charge on any atom is 0.431 e. The van der Waals surface area contributed by atoms with Gasteiger partial charge in [-0.3, -0.25) is 19.2 Å². The monoisotopic (exact) mass is 550 g/mol. The van der Waals surface area contributed by atoms with Crippen LogP contribution in [0.15, 0.2) is 0 Å². The van der Waals surface area contributed by atoms with E-state index in [0.717, 1.165) is 0 Å². The van der Waals surface area contributed by atoms with Crippen molar-refractivity contribution >= 4 is 29.8 Å². The summed E-state index contributed by atoms with van der Waals surface area (Å²) in [5.74, 6) is -3.84. The molecule has 38 heavy (non-hydrogen) atoms. The van der Waals surface area contributed by atoms with Crippen molar-refractivity contribution in [2.24, 2.45) is 5.92 Å². The van der Waals surface area contributed by atoms with Crippen molar-refractivity contribution in [3.8, 4) is 0 Å². The van der Waals surface area contributed by atoms with Crippen LogP contribution in [0, 0.1) is 5.92 Å². The standard InChI is InChI=1S/C24H37F3N4O7/c1-12(2)17(23(24(25,26)27)11-16(32)37-23)30-19(34)15-9-8-10-31(15)20(35)14(4)28-18(33)13(3)29-21(36)38-22(5,6)7/h12-15,17H,8-11H2,1-7H3,(H,28,33)(H,29,36)(H,30,34)/t13-,14-,15-,17?,23?/m0/s1. The molecule has 0 aromatic carbocycles. The number of hydrogen-bond donors (Lipinski definition) is 3. The first kappa shape index (κ1) is 31.2. The normalized spacial score (nSPS) is 24.0. The van der Waals surface area contributed by atoms with Crippen LogP contribution in [0.25, 0.3) is 0 Å². The Hall–Kier alpha value is -3.06. The van der Waals surface area contributed by atoms with Gasteiger partial charge in [0.25, 0.3) is 0 Å². The third kappa shape index (κ3) is 7.07. The van der Waals surface area contributed by atoms with Gasteiger partial charge in [0.1, 0.15) is 23.7 Å². The van der Waals surface area contributed by atoms with Gasteiger partial charge >= 0.3 is 18.2 Å². The van der Waals surface area contributed by atoms with Crippen molar-refractivity contribution in [3.63, 3.8) is 0 Å². The van der Waals surface area contributed by atoms with Gasteiger partial charge in [0, 0.05) is 6.54 Å². The zero-order valence-corrected chi connectivity index (χ0v) is 22.7. The number of likely N-dealkylation sites (tertiary alicyclic amines) is 1. The highest BCUT2D eigenvalue weighted by Crippen LogP contribution is 2.47. The minimum Gasteiger partial charge on any atom is -0.446 e. The van der Waals surface area contributed by atoms with Gasteiger partial charge in [0.05, 0.1) is 12.5 Å². The third-order valence-electron chi connectivity index (χ3n) is 6.34. The summed E-state index contributed by atoms with van der Waals surface area (Å²) in [5, 5.41) is 7.20. The molecule has 3 N–H and O–H groups in total. The van der Waals surface area contributed by atoms with Crippen LogP contribution in [0.1, 0.15) is 67.7 Å². The molecule has 0 spiro atoms. The van der Waals surface area contributed by atoms with Crippen LogP contribution in [0.2, 0.25) is 0 Å². The van der Waals surface area contributed by atoms with Crippen molar-refractivity contribution in [1.29, 1.82) is 0 Å². The molecule has 0 saturated carbocycles. The molecule has 0 aromatic rings. The number of rotatable bonds is 8. The zero-order chi connectivity index (χ0) is 29.2. The predicted molar refractivity (Wildman–Crippen MR) is 127 cm³/mol. The van der Waals surface area contributed by atoms with E-state index < -0.39 is 83.7 Å². The molecular weight excluding hydrogens is 513 g/mol. The van der Waals surface area contributed by atoms with E-state index >= 15 is 0 Å². The van der Waals surface area contributed by atoms with Crippen LogP contribution in [0.3, 0.4) is 0 Å². The van der Waals surface area contributed by atoms with Gasteiger partial charge in [-0.05, 0) is 53.4 Å². The Labute approximate surface area is 219 Å². The lowest BCUT2D eigenvalue weighted by molar-refractivity contribution is -0.313. The second-order valence-corrected chi connectivity index (χ2v) is 11.1. The van der Waals surface area contributed by atoms with E-state index in [0.29, 0.717) is 6.42 Å². The first-order valence-corrected chi connectivity index (χ1v) is 12.5. The van der Waals surface area contributed by atoms with Crippen LogP contribution < -0.4 is 16.0 Å². The minimum absolute atomic E-state index is 0.161. The number of halogens is 3. The van der Waals surface area contributed by atoms with Crippen LogP contribution in [0.5, 0.6) is 0 Å². The molecule has 0 bridgehead atoms. The number of hydrogen-bond acceptors (Lipinski definition) is 7. The molecule has 2 heterocycles. The Kier molecular flexibility index (Phi) is 9.31. The van der Waals surface area contributed by atoms with Gasteiger partial charge in [-0.15, -0.1) is 0 Å². The SMILES string of the molecule is CC(C)C(NC(=O)[C@@H]1CCCN1C(=O)[C@H](C)NC(=O)[C@H](C)NC(=O)OC(C)(C)C)C1(C(F)(F)F)CC(=O)O1. The maximum atomic E-state index is 13.9. The average molecular weight is 551 g/mol. The molecule has 2 unspecified atom stereocenters. The fraction of sp³-hybridized carbons (Fsp3) is 0.792. The predicted octanol–water partition coefficient (Wildman–Crippen LogP) is 1.78. The van der Waals surface area contributed by atoms with Gasteiger partial charge in [0.15, 0.2) is 0 Å². The fourth-order valence-electron chi connectivity index (χ4n) is 4.49. The van der Waals surface area contributed by atoms with Crippen LogP contribution in [-0.2, 0) is 28.7 Å². The molecule has 2 aliphatic heterocycles. The van der Waals surface area contributed by atoms with Crippen molar-refractivity contribution in [2.45, 2.75) is 109 Å². The number of amides is 4. The van der Waals surface area contributed by atoms with E-state index in [1.165, 1.54) is 32.6 Å². The lowest BCUT2D eigenvalue weighted by Crippen LogP contribution is -2.71. The molecule has 14 heteroatoms. The summed E-state index contributed by atoms with van der Waals surface area (Å²) in [4.78, 5) is 63.1.